The molecule has 1 N–H and O–H groups in total. The highest BCUT2D eigenvalue weighted by Crippen LogP contribution is 2.38. The van der Waals surface area contributed by atoms with Crippen molar-refractivity contribution in [2.24, 2.45) is 5.92 Å². The van der Waals surface area contributed by atoms with E-state index in [2.05, 4.69) is 15.1 Å². The second-order valence-electron chi connectivity index (χ2n) is 8.61. The summed E-state index contributed by atoms with van der Waals surface area (Å²) in [6.45, 7) is 0.0980. The first-order valence-electron chi connectivity index (χ1n) is 11.2. The van der Waals surface area contributed by atoms with Crippen molar-refractivity contribution >= 4 is 55.0 Å². The van der Waals surface area contributed by atoms with Gasteiger partial charge in [-0.3, -0.25) is 0 Å². The molecule has 13 heteroatoms. The van der Waals surface area contributed by atoms with Gasteiger partial charge >= 0.3 is 22.5 Å². The number of aliphatic hydroxyl groups is 1. The van der Waals surface area contributed by atoms with Gasteiger partial charge in [0.05, 0.1) is 29.6 Å². The number of hydrogen-bond acceptors (Lipinski definition) is 5. The molecule has 1 aliphatic rings. The van der Waals surface area contributed by atoms with Crippen LogP contribution >= 0.6 is 23.2 Å². The number of sulfonamides is 1. The van der Waals surface area contributed by atoms with Gasteiger partial charge in [-0.05, 0) is 60.7 Å². The Bertz CT molecular complexity index is 1640. The fourth-order valence-corrected chi connectivity index (χ4v) is 5.68. The SMILES string of the molecule is O=S(=O)([N+]#CC1COC[C@H](n2c3ccc(Cl)cc3c3cc(Cl)ccc32)[C@H]1O)c1ccc(OC(F)(F)F)cc1. The zero-order valence-corrected chi connectivity index (χ0v) is 21.5. The third-order valence-electron chi connectivity index (χ3n) is 6.14. The predicted octanol–water partition coefficient (Wildman–Crippen LogP) is 6.27. The first-order chi connectivity index (χ1) is 17.9. The van der Waals surface area contributed by atoms with Crippen LogP contribution in [0.25, 0.3) is 26.1 Å². The highest BCUT2D eigenvalue weighted by Gasteiger charge is 2.39. The normalized spacial score (nSPS) is 20.3. The third-order valence-corrected chi connectivity index (χ3v) is 7.83. The molecule has 0 bridgehead atoms. The molecule has 1 aromatic heterocycles. The fraction of sp³-hybridized carbons (Fsp3) is 0.240. The Kier molecular flexibility index (Phi) is 6.96. The number of alkyl halides is 3. The molecule has 7 nitrogen and oxygen atoms in total. The molecule has 0 saturated carbocycles. The summed E-state index contributed by atoms with van der Waals surface area (Å²) in [5.41, 5.74) is 1.54. The van der Waals surface area contributed by atoms with Crippen LogP contribution in [-0.2, 0) is 14.8 Å². The zero-order valence-electron chi connectivity index (χ0n) is 19.2. The minimum absolute atomic E-state index is 0.0379. The molecule has 5 rings (SSSR count). The Hall–Kier alpha value is -3.01. The predicted molar refractivity (Wildman–Crippen MR) is 136 cm³/mol. The summed E-state index contributed by atoms with van der Waals surface area (Å²) in [7, 11) is -4.32. The van der Waals surface area contributed by atoms with Crippen molar-refractivity contribution in [3.63, 3.8) is 0 Å². The summed E-state index contributed by atoms with van der Waals surface area (Å²) in [6, 6.07) is 16.1. The third kappa shape index (κ3) is 5.28. The highest BCUT2D eigenvalue weighted by atomic mass is 35.5. The van der Waals surface area contributed by atoms with E-state index in [4.69, 9.17) is 27.9 Å². The Morgan fingerprint density at radius 2 is 1.55 bits per heavy atom. The van der Waals surface area contributed by atoms with Crippen molar-refractivity contribution < 1.29 is 36.2 Å². The van der Waals surface area contributed by atoms with E-state index < -0.39 is 40.2 Å². The minimum Gasteiger partial charge on any atom is -0.406 e. The molecule has 4 aromatic rings. The number of benzene rings is 3. The van der Waals surface area contributed by atoms with Gasteiger partial charge in [0.2, 0.25) is 0 Å². The molecular weight excluding hydrogens is 568 g/mol. The second-order valence-corrected chi connectivity index (χ2v) is 11.1. The second kappa shape index (κ2) is 9.94. The fourth-order valence-electron chi connectivity index (χ4n) is 4.48. The van der Waals surface area contributed by atoms with E-state index in [1.54, 1.807) is 24.3 Å². The topological polar surface area (TPSA) is 82.1 Å². The molecule has 3 aromatic carbocycles. The van der Waals surface area contributed by atoms with Crippen molar-refractivity contribution in [3.05, 3.63) is 75.0 Å². The van der Waals surface area contributed by atoms with Gasteiger partial charge in [0.1, 0.15) is 11.7 Å². The lowest BCUT2D eigenvalue weighted by Crippen LogP contribution is -2.40. The van der Waals surface area contributed by atoms with Gasteiger partial charge in [-0.1, -0.05) is 23.2 Å². The summed E-state index contributed by atoms with van der Waals surface area (Å²) >= 11 is 12.4. The van der Waals surface area contributed by atoms with Gasteiger partial charge in [0.25, 0.3) is 0 Å². The molecule has 1 aliphatic heterocycles. The van der Waals surface area contributed by atoms with Crippen molar-refractivity contribution in [2.45, 2.75) is 23.4 Å². The summed E-state index contributed by atoms with van der Waals surface area (Å²) < 4.78 is 77.3. The maximum atomic E-state index is 12.7. The van der Waals surface area contributed by atoms with Crippen LogP contribution in [0.15, 0.2) is 65.6 Å². The van der Waals surface area contributed by atoms with E-state index in [-0.39, 0.29) is 18.1 Å². The van der Waals surface area contributed by atoms with Crippen LogP contribution in [0, 0.1) is 12.0 Å². The van der Waals surface area contributed by atoms with Crippen LogP contribution < -0.4 is 4.74 Å². The molecule has 0 amide bonds. The van der Waals surface area contributed by atoms with Crippen LogP contribution in [-0.4, -0.2) is 43.8 Å². The number of ether oxygens (including phenoxy) is 2. The van der Waals surface area contributed by atoms with Gasteiger partial charge in [-0.15, -0.1) is 21.6 Å². The summed E-state index contributed by atoms with van der Waals surface area (Å²) in [5.74, 6) is -1.49. The number of nitrogens with zero attached hydrogens (tertiary/aromatic N) is 2. The van der Waals surface area contributed by atoms with E-state index in [0.29, 0.717) is 10.0 Å². The van der Waals surface area contributed by atoms with E-state index in [1.165, 1.54) is 0 Å². The molecule has 198 valence electrons. The summed E-state index contributed by atoms with van der Waals surface area (Å²) in [5, 5.41) is 13.9. The first kappa shape index (κ1) is 26.6. The lowest BCUT2D eigenvalue weighted by atomic mass is 9.95. The average molecular weight is 586 g/mol. The lowest BCUT2D eigenvalue weighted by Gasteiger charge is -2.32. The minimum atomic E-state index is -4.91. The molecule has 1 unspecified atom stereocenters. The maximum Gasteiger partial charge on any atom is 0.573 e. The van der Waals surface area contributed by atoms with Crippen LogP contribution in [0.1, 0.15) is 6.04 Å². The molecule has 0 aliphatic carbocycles. The van der Waals surface area contributed by atoms with Gasteiger partial charge in [0, 0.05) is 31.9 Å². The van der Waals surface area contributed by atoms with Gasteiger partial charge in [0.15, 0.2) is 4.90 Å². The van der Waals surface area contributed by atoms with Gasteiger partial charge < -0.3 is 19.1 Å². The summed E-state index contributed by atoms with van der Waals surface area (Å²) in [6.07, 6.45) is -6.04. The monoisotopic (exact) mass is 585 g/mol. The lowest BCUT2D eigenvalue weighted by molar-refractivity contribution is -0.274. The molecule has 1 fully saturated rings. The molecule has 3 atom stereocenters. The molecule has 2 heterocycles. The smallest absolute Gasteiger partial charge is 0.406 e. The number of fused-ring (bicyclic) bond motifs is 3. The van der Waals surface area contributed by atoms with Crippen LogP contribution in [0.4, 0.5) is 13.2 Å². The van der Waals surface area contributed by atoms with Crippen molar-refractivity contribution in [1.29, 1.82) is 0 Å². The number of halogens is 5. The summed E-state index contributed by atoms with van der Waals surface area (Å²) in [4.78, 5) is -0.363. The quantitative estimate of drug-likeness (QED) is 0.306. The van der Waals surface area contributed by atoms with Crippen molar-refractivity contribution in [3.8, 4) is 11.8 Å². The van der Waals surface area contributed by atoms with E-state index in [1.807, 2.05) is 16.7 Å². The largest absolute Gasteiger partial charge is 0.573 e. The van der Waals surface area contributed by atoms with E-state index in [9.17, 15) is 26.7 Å². The van der Waals surface area contributed by atoms with E-state index >= 15 is 0 Å². The number of hydrogen-bond donors (Lipinski definition) is 1. The zero-order chi connectivity index (χ0) is 27.2. The number of aliphatic hydroxyl groups excluding tert-OH is 1. The average Bonchev–Trinajstić information content (AvgIpc) is 3.15. The molecule has 0 spiro atoms. The highest BCUT2D eigenvalue weighted by molar-refractivity contribution is 7.93. The van der Waals surface area contributed by atoms with Gasteiger partial charge in [-0.25, -0.2) is 0 Å². The molecule has 0 radical (unpaired) electrons. The molecule has 1 saturated heterocycles. The standard InChI is InChI=1S/C25H18Cl2F3N2O5S/c26-15-1-7-21-19(9-15)20-10-16(27)2-8-22(20)32(21)23-13-36-12-14(24(23)33)11-31-38(34,35)18-5-3-17(4-6-18)37-25(28,29)30/h1-10,14,23-24,33H,12-13H2/q+1/t14?,23-,24-/m0/s1. The maximum absolute atomic E-state index is 12.7. The Labute approximate surface area is 224 Å². The van der Waals surface area contributed by atoms with E-state index in [0.717, 1.165) is 46.1 Å². The number of aromatic nitrogens is 1. The van der Waals surface area contributed by atoms with Gasteiger partial charge in [-0.2, -0.15) is 0 Å². The Balaban J connectivity index is 1.46. The van der Waals surface area contributed by atoms with Crippen molar-refractivity contribution in [2.75, 3.05) is 13.2 Å². The Morgan fingerprint density at radius 3 is 2.11 bits per heavy atom. The number of rotatable bonds is 3. The Morgan fingerprint density at radius 1 is 0.974 bits per heavy atom. The van der Waals surface area contributed by atoms with Crippen LogP contribution in [0.2, 0.25) is 10.0 Å². The molecular formula is C25H18Cl2F3N2O5S+. The van der Waals surface area contributed by atoms with Crippen LogP contribution in [0.3, 0.4) is 0 Å². The first-order valence-corrected chi connectivity index (χ1v) is 13.4. The van der Waals surface area contributed by atoms with Crippen LogP contribution in [0.5, 0.6) is 5.75 Å². The van der Waals surface area contributed by atoms with Crippen molar-refractivity contribution in [1.82, 2.24) is 4.57 Å². The molecule has 38 heavy (non-hydrogen) atoms.